The number of hydrogen-bond acceptors (Lipinski definition) is 6. The number of Topliss-reactive ketones (excluding diaryl/α,β-unsaturated/α-hetero) is 1. The average molecular weight is 339 g/mol. The van der Waals surface area contributed by atoms with Crippen LogP contribution in [-0.2, 0) is 6.42 Å². The number of hydrogen-bond donors (Lipinski definition) is 2. The van der Waals surface area contributed by atoms with Gasteiger partial charge in [-0.3, -0.25) is 4.79 Å². The molecule has 122 valence electrons. The number of nitrogens with zero attached hydrogens (tertiary/aromatic N) is 2. The third-order valence-electron chi connectivity index (χ3n) is 3.44. The molecule has 3 rings (SSSR count). The molecule has 24 heavy (non-hydrogen) atoms. The van der Waals surface area contributed by atoms with Gasteiger partial charge in [0.15, 0.2) is 5.78 Å². The van der Waals surface area contributed by atoms with Gasteiger partial charge in [0.1, 0.15) is 11.6 Å². The van der Waals surface area contributed by atoms with E-state index in [-0.39, 0.29) is 12.4 Å². The van der Waals surface area contributed by atoms with Crippen molar-refractivity contribution in [2.75, 3.05) is 11.9 Å². The van der Waals surface area contributed by atoms with E-state index in [1.165, 1.54) is 11.3 Å². The Morgan fingerprint density at radius 2 is 2.08 bits per heavy atom. The highest BCUT2D eigenvalue weighted by atomic mass is 32.1. The van der Waals surface area contributed by atoms with E-state index < -0.39 is 0 Å². The van der Waals surface area contributed by atoms with E-state index >= 15 is 0 Å². The largest absolute Gasteiger partial charge is 0.396 e. The molecule has 0 radical (unpaired) electrons. The zero-order valence-electron chi connectivity index (χ0n) is 13.2. The molecule has 0 unspecified atom stereocenters. The lowest BCUT2D eigenvalue weighted by molar-refractivity contribution is 0.102. The van der Waals surface area contributed by atoms with Crippen molar-refractivity contribution in [3.05, 3.63) is 59.1 Å². The van der Waals surface area contributed by atoms with Gasteiger partial charge in [0.25, 0.3) is 0 Å². The predicted octanol–water partition coefficient (Wildman–Crippen LogP) is 3.69. The van der Waals surface area contributed by atoms with E-state index in [1.54, 1.807) is 13.1 Å². The summed E-state index contributed by atoms with van der Waals surface area (Å²) in [7, 11) is 0. The lowest BCUT2D eigenvalue weighted by atomic mass is 10.2. The summed E-state index contributed by atoms with van der Waals surface area (Å²) in [5, 5.41) is 12.2. The second-order valence-electron chi connectivity index (χ2n) is 5.28. The molecule has 3 heterocycles. The molecular weight excluding hydrogens is 322 g/mol. The van der Waals surface area contributed by atoms with E-state index in [1.807, 2.05) is 42.5 Å². The van der Waals surface area contributed by atoms with E-state index in [0.717, 1.165) is 21.0 Å². The fourth-order valence-electron chi connectivity index (χ4n) is 2.26. The molecule has 0 aliphatic rings. The summed E-state index contributed by atoms with van der Waals surface area (Å²) in [5.74, 6) is 1.42. The lowest BCUT2D eigenvalue weighted by Gasteiger charge is -2.07. The summed E-state index contributed by atoms with van der Waals surface area (Å²) in [6.45, 7) is 1.67. The number of anilines is 2. The predicted molar refractivity (Wildman–Crippen MR) is 95.9 cm³/mol. The third kappa shape index (κ3) is 3.84. The average Bonchev–Trinajstić information content (AvgIpc) is 3.06. The van der Waals surface area contributed by atoms with Crippen molar-refractivity contribution in [1.29, 1.82) is 0 Å². The van der Waals surface area contributed by atoms with Gasteiger partial charge in [-0.15, -0.1) is 11.3 Å². The van der Waals surface area contributed by atoms with E-state index in [0.29, 0.717) is 18.1 Å². The van der Waals surface area contributed by atoms with Crippen LogP contribution in [0.3, 0.4) is 0 Å². The van der Waals surface area contributed by atoms with Crippen LogP contribution >= 0.6 is 11.3 Å². The number of pyridine rings is 2. The van der Waals surface area contributed by atoms with Crippen LogP contribution in [0.2, 0.25) is 0 Å². The highest BCUT2D eigenvalue weighted by molar-refractivity contribution is 7.17. The Bertz CT molecular complexity index is 861. The van der Waals surface area contributed by atoms with Crippen LogP contribution in [0.25, 0.3) is 10.6 Å². The number of carbonyl (C=O) groups is 1. The molecule has 0 atom stereocenters. The third-order valence-corrected chi connectivity index (χ3v) is 4.64. The van der Waals surface area contributed by atoms with Gasteiger partial charge in [0.05, 0.1) is 15.4 Å². The Labute approximate surface area is 144 Å². The monoisotopic (exact) mass is 339 g/mol. The van der Waals surface area contributed by atoms with Gasteiger partial charge in [-0.25, -0.2) is 9.97 Å². The highest BCUT2D eigenvalue weighted by Gasteiger charge is 2.08. The van der Waals surface area contributed by atoms with Crippen molar-refractivity contribution in [2.24, 2.45) is 0 Å². The molecule has 2 N–H and O–H groups in total. The standard InChI is InChI=1S/C18H17N3O2S/c1-12(23)15-5-6-16(24-15)14-3-2-4-17(20-14)21-18-11-13(8-10-22)7-9-19-18/h2-7,9,11,22H,8,10H2,1H3,(H,19,20,21). The molecule has 0 aromatic carbocycles. The molecular formula is C18H17N3O2S. The van der Waals surface area contributed by atoms with Gasteiger partial charge in [0.2, 0.25) is 0 Å². The molecule has 0 saturated heterocycles. The fourth-order valence-corrected chi connectivity index (χ4v) is 3.14. The van der Waals surface area contributed by atoms with Crippen LogP contribution in [0.5, 0.6) is 0 Å². The zero-order chi connectivity index (χ0) is 16.9. The van der Waals surface area contributed by atoms with Crippen LogP contribution in [0.15, 0.2) is 48.7 Å². The maximum Gasteiger partial charge on any atom is 0.169 e. The van der Waals surface area contributed by atoms with Crippen molar-refractivity contribution in [3.8, 4) is 10.6 Å². The van der Waals surface area contributed by atoms with E-state index in [2.05, 4.69) is 15.3 Å². The molecule has 0 fully saturated rings. The van der Waals surface area contributed by atoms with Gasteiger partial charge in [-0.2, -0.15) is 0 Å². The molecule has 0 amide bonds. The number of thiophene rings is 1. The number of ketones is 1. The van der Waals surface area contributed by atoms with Crippen molar-refractivity contribution in [3.63, 3.8) is 0 Å². The molecule has 0 aliphatic carbocycles. The number of aromatic nitrogens is 2. The van der Waals surface area contributed by atoms with Gasteiger partial charge in [-0.1, -0.05) is 6.07 Å². The van der Waals surface area contributed by atoms with Crippen molar-refractivity contribution >= 4 is 28.8 Å². The summed E-state index contributed by atoms with van der Waals surface area (Å²) < 4.78 is 0. The number of rotatable bonds is 6. The first-order chi connectivity index (χ1) is 11.7. The number of aliphatic hydroxyl groups is 1. The van der Waals surface area contributed by atoms with Crippen molar-refractivity contribution in [2.45, 2.75) is 13.3 Å². The Kier molecular flexibility index (Phi) is 4.98. The molecule has 0 bridgehead atoms. The minimum atomic E-state index is 0.0606. The number of aliphatic hydroxyl groups excluding tert-OH is 1. The van der Waals surface area contributed by atoms with Crippen LogP contribution in [0, 0.1) is 0 Å². The SMILES string of the molecule is CC(=O)c1ccc(-c2cccc(Nc3cc(CCO)ccn3)n2)s1. The maximum atomic E-state index is 11.4. The normalized spacial score (nSPS) is 10.6. The highest BCUT2D eigenvalue weighted by Crippen LogP contribution is 2.28. The minimum Gasteiger partial charge on any atom is -0.396 e. The van der Waals surface area contributed by atoms with Crippen LogP contribution in [0.4, 0.5) is 11.6 Å². The molecule has 0 spiro atoms. The molecule has 3 aromatic rings. The van der Waals surface area contributed by atoms with Gasteiger partial charge in [0, 0.05) is 12.8 Å². The second kappa shape index (κ2) is 7.33. The summed E-state index contributed by atoms with van der Waals surface area (Å²) in [6, 6.07) is 13.2. The Morgan fingerprint density at radius 3 is 2.83 bits per heavy atom. The summed E-state index contributed by atoms with van der Waals surface area (Å²) >= 11 is 1.43. The first-order valence-corrected chi connectivity index (χ1v) is 8.38. The maximum absolute atomic E-state index is 11.4. The van der Waals surface area contributed by atoms with Gasteiger partial charge in [-0.05, 0) is 55.3 Å². The smallest absolute Gasteiger partial charge is 0.169 e. The second-order valence-corrected chi connectivity index (χ2v) is 6.36. The summed E-state index contributed by atoms with van der Waals surface area (Å²) in [5.41, 5.74) is 1.82. The van der Waals surface area contributed by atoms with E-state index in [4.69, 9.17) is 5.11 Å². The minimum absolute atomic E-state index is 0.0606. The lowest BCUT2D eigenvalue weighted by Crippen LogP contribution is -1.98. The zero-order valence-corrected chi connectivity index (χ0v) is 14.0. The topological polar surface area (TPSA) is 75.1 Å². The van der Waals surface area contributed by atoms with Crippen molar-refractivity contribution in [1.82, 2.24) is 9.97 Å². The van der Waals surface area contributed by atoms with Crippen LogP contribution < -0.4 is 5.32 Å². The first-order valence-electron chi connectivity index (χ1n) is 7.57. The molecule has 3 aromatic heterocycles. The number of nitrogens with one attached hydrogen (secondary N) is 1. The molecule has 5 nitrogen and oxygen atoms in total. The van der Waals surface area contributed by atoms with Crippen LogP contribution in [-0.4, -0.2) is 27.5 Å². The summed E-state index contributed by atoms with van der Waals surface area (Å²) in [6.07, 6.45) is 2.29. The first kappa shape index (κ1) is 16.3. The summed E-state index contributed by atoms with van der Waals surface area (Å²) in [4.78, 5) is 22.0. The molecule has 6 heteroatoms. The van der Waals surface area contributed by atoms with Gasteiger partial charge >= 0.3 is 0 Å². The van der Waals surface area contributed by atoms with Crippen LogP contribution in [0.1, 0.15) is 22.2 Å². The van der Waals surface area contributed by atoms with E-state index in [9.17, 15) is 4.79 Å². The Morgan fingerprint density at radius 1 is 1.21 bits per heavy atom. The Hall–Kier alpha value is -2.57. The quantitative estimate of drug-likeness (QED) is 0.670. The Balaban J connectivity index is 1.82. The molecule has 0 saturated carbocycles. The fraction of sp³-hybridized carbons (Fsp3) is 0.167. The number of carbonyl (C=O) groups excluding carboxylic acids is 1. The van der Waals surface area contributed by atoms with Gasteiger partial charge < -0.3 is 10.4 Å². The van der Waals surface area contributed by atoms with Crippen molar-refractivity contribution < 1.29 is 9.90 Å². The molecule has 0 aliphatic heterocycles.